The molecule has 25 heavy (non-hydrogen) atoms. The smallest absolute Gasteiger partial charge is 0.274 e. The number of benzene rings is 1. The second kappa shape index (κ2) is 7.81. The van der Waals surface area contributed by atoms with E-state index in [1.165, 1.54) is 6.07 Å². The van der Waals surface area contributed by atoms with Crippen LogP contribution < -0.4 is 0 Å². The van der Waals surface area contributed by atoms with Gasteiger partial charge in [0.25, 0.3) is 5.91 Å². The third-order valence-electron chi connectivity index (χ3n) is 5.02. The topological polar surface area (TPSA) is 49.0 Å². The van der Waals surface area contributed by atoms with Crippen LogP contribution in [0.4, 0.5) is 4.39 Å². The fraction of sp³-hybridized carbons (Fsp3) is 0.500. The highest BCUT2D eigenvalue weighted by molar-refractivity contribution is 5.92. The van der Waals surface area contributed by atoms with E-state index in [-0.39, 0.29) is 11.7 Å². The monoisotopic (exact) mass is 343 g/mol. The zero-order valence-corrected chi connectivity index (χ0v) is 15.0. The summed E-state index contributed by atoms with van der Waals surface area (Å²) in [5, 5.41) is 7.13. The SMILES string of the molecule is CC(C)c1cc(C(=O)N2CCCC(CCc3ccccc3F)C2)n[nH]1. The molecule has 3 rings (SSSR count). The summed E-state index contributed by atoms with van der Waals surface area (Å²) in [6, 6.07) is 8.80. The van der Waals surface area contributed by atoms with Gasteiger partial charge in [0.2, 0.25) is 0 Å². The van der Waals surface area contributed by atoms with Gasteiger partial charge < -0.3 is 4.90 Å². The van der Waals surface area contributed by atoms with Gasteiger partial charge in [-0.05, 0) is 55.2 Å². The first kappa shape index (κ1) is 17.6. The maximum absolute atomic E-state index is 13.8. The number of carbonyl (C=O) groups is 1. The van der Waals surface area contributed by atoms with E-state index in [1.807, 2.05) is 23.1 Å². The summed E-state index contributed by atoms with van der Waals surface area (Å²) < 4.78 is 13.8. The minimum Gasteiger partial charge on any atom is -0.337 e. The number of aryl methyl sites for hydroxylation is 1. The maximum atomic E-state index is 13.8. The van der Waals surface area contributed by atoms with Crippen molar-refractivity contribution in [3.63, 3.8) is 0 Å². The molecular formula is C20H26FN3O. The van der Waals surface area contributed by atoms with Crippen LogP contribution in [0.2, 0.25) is 0 Å². The molecule has 1 unspecified atom stereocenters. The molecular weight excluding hydrogens is 317 g/mol. The number of piperidine rings is 1. The summed E-state index contributed by atoms with van der Waals surface area (Å²) in [5.74, 6) is 0.604. The van der Waals surface area contributed by atoms with Crippen molar-refractivity contribution in [2.75, 3.05) is 13.1 Å². The zero-order valence-electron chi connectivity index (χ0n) is 15.0. The summed E-state index contributed by atoms with van der Waals surface area (Å²) in [4.78, 5) is 14.6. The second-order valence-corrected chi connectivity index (χ2v) is 7.25. The Balaban J connectivity index is 1.58. The van der Waals surface area contributed by atoms with Gasteiger partial charge in [-0.25, -0.2) is 4.39 Å². The Kier molecular flexibility index (Phi) is 5.51. The molecule has 5 heteroatoms. The summed E-state index contributed by atoms with van der Waals surface area (Å²) in [7, 11) is 0. The van der Waals surface area contributed by atoms with Gasteiger partial charge in [0.05, 0.1) is 0 Å². The van der Waals surface area contributed by atoms with E-state index in [4.69, 9.17) is 0 Å². The number of amides is 1. The van der Waals surface area contributed by atoms with E-state index in [0.29, 0.717) is 17.5 Å². The molecule has 1 aromatic heterocycles. The van der Waals surface area contributed by atoms with Crippen LogP contribution in [-0.4, -0.2) is 34.1 Å². The molecule has 2 aromatic rings. The molecule has 1 aliphatic heterocycles. The number of likely N-dealkylation sites (tertiary alicyclic amines) is 1. The Labute approximate surface area is 148 Å². The van der Waals surface area contributed by atoms with Crippen LogP contribution in [0.5, 0.6) is 0 Å². The van der Waals surface area contributed by atoms with Crippen LogP contribution in [0, 0.1) is 11.7 Å². The lowest BCUT2D eigenvalue weighted by Gasteiger charge is -2.32. The minimum atomic E-state index is -0.135. The maximum Gasteiger partial charge on any atom is 0.274 e. The Morgan fingerprint density at radius 3 is 2.92 bits per heavy atom. The normalized spacial score (nSPS) is 17.9. The van der Waals surface area contributed by atoms with Crippen molar-refractivity contribution >= 4 is 5.91 Å². The largest absolute Gasteiger partial charge is 0.337 e. The quantitative estimate of drug-likeness (QED) is 0.886. The molecule has 0 spiro atoms. The zero-order chi connectivity index (χ0) is 17.8. The van der Waals surface area contributed by atoms with E-state index in [9.17, 15) is 9.18 Å². The van der Waals surface area contributed by atoms with Crippen molar-refractivity contribution in [3.05, 3.63) is 53.1 Å². The molecule has 1 N–H and O–H groups in total. The minimum absolute atomic E-state index is 0.00117. The number of aromatic amines is 1. The fourth-order valence-corrected chi connectivity index (χ4v) is 3.45. The molecule has 0 bridgehead atoms. The van der Waals surface area contributed by atoms with Crippen molar-refractivity contribution in [1.82, 2.24) is 15.1 Å². The lowest BCUT2D eigenvalue weighted by atomic mass is 9.91. The standard InChI is InChI=1S/C20H26FN3O/c1-14(2)18-12-19(23-22-18)20(25)24-11-5-6-15(13-24)9-10-16-7-3-4-8-17(16)21/h3-4,7-8,12,14-15H,5-6,9-11,13H2,1-2H3,(H,22,23). The summed E-state index contributed by atoms with van der Waals surface area (Å²) in [6.07, 6.45) is 3.72. The highest BCUT2D eigenvalue weighted by Crippen LogP contribution is 2.24. The first-order chi connectivity index (χ1) is 12.0. The van der Waals surface area contributed by atoms with Crippen LogP contribution >= 0.6 is 0 Å². The number of nitrogens with zero attached hydrogens (tertiary/aromatic N) is 2. The highest BCUT2D eigenvalue weighted by Gasteiger charge is 2.26. The first-order valence-electron chi connectivity index (χ1n) is 9.12. The van der Waals surface area contributed by atoms with Crippen molar-refractivity contribution < 1.29 is 9.18 Å². The summed E-state index contributed by atoms with van der Waals surface area (Å²) in [6.45, 7) is 5.65. The average molecular weight is 343 g/mol. The summed E-state index contributed by atoms with van der Waals surface area (Å²) >= 11 is 0. The van der Waals surface area contributed by atoms with Gasteiger partial charge in [-0.3, -0.25) is 9.89 Å². The first-order valence-corrected chi connectivity index (χ1v) is 9.12. The number of hydrogen-bond acceptors (Lipinski definition) is 2. The molecule has 1 aromatic carbocycles. The number of rotatable bonds is 5. The van der Waals surface area contributed by atoms with Gasteiger partial charge in [0.1, 0.15) is 11.5 Å². The van der Waals surface area contributed by atoms with Crippen LogP contribution in [0.25, 0.3) is 0 Å². The number of nitrogens with one attached hydrogen (secondary N) is 1. The van der Waals surface area contributed by atoms with Gasteiger partial charge in [-0.1, -0.05) is 32.0 Å². The predicted molar refractivity (Wildman–Crippen MR) is 96.0 cm³/mol. The third-order valence-corrected chi connectivity index (χ3v) is 5.02. The molecule has 2 heterocycles. The van der Waals surface area contributed by atoms with Gasteiger partial charge in [-0.2, -0.15) is 5.10 Å². The van der Waals surface area contributed by atoms with E-state index in [2.05, 4.69) is 24.0 Å². The summed E-state index contributed by atoms with van der Waals surface area (Å²) in [5.41, 5.74) is 2.25. The van der Waals surface area contributed by atoms with Crippen LogP contribution in [-0.2, 0) is 6.42 Å². The van der Waals surface area contributed by atoms with Crippen LogP contribution in [0.15, 0.2) is 30.3 Å². The van der Waals surface area contributed by atoms with Gasteiger partial charge in [0.15, 0.2) is 0 Å². The molecule has 134 valence electrons. The van der Waals surface area contributed by atoms with E-state index in [0.717, 1.165) is 50.0 Å². The Morgan fingerprint density at radius 1 is 1.40 bits per heavy atom. The van der Waals surface area contributed by atoms with Gasteiger partial charge >= 0.3 is 0 Å². The van der Waals surface area contributed by atoms with Gasteiger partial charge in [-0.15, -0.1) is 0 Å². The van der Waals surface area contributed by atoms with Crippen molar-refractivity contribution in [2.45, 2.75) is 45.4 Å². The average Bonchev–Trinajstić information content (AvgIpc) is 3.11. The molecule has 1 atom stereocenters. The molecule has 0 radical (unpaired) electrons. The molecule has 1 fully saturated rings. The van der Waals surface area contributed by atoms with Crippen molar-refractivity contribution in [3.8, 4) is 0 Å². The second-order valence-electron chi connectivity index (χ2n) is 7.25. The Morgan fingerprint density at radius 2 is 2.20 bits per heavy atom. The van der Waals surface area contributed by atoms with Crippen LogP contribution in [0.1, 0.15) is 60.8 Å². The molecule has 1 saturated heterocycles. The van der Waals surface area contributed by atoms with Crippen LogP contribution in [0.3, 0.4) is 0 Å². The fourth-order valence-electron chi connectivity index (χ4n) is 3.45. The lowest BCUT2D eigenvalue weighted by molar-refractivity contribution is 0.0662. The number of H-pyrrole nitrogens is 1. The van der Waals surface area contributed by atoms with Gasteiger partial charge in [0, 0.05) is 18.8 Å². The lowest BCUT2D eigenvalue weighted by Crippen LogP contribution is -2.40. The number of halogens is 1. The Hall–Kier alpha value is -2.17. The van der Waals surface area contributed by atoms with E-state index >= 15 is 0 Å². The molecule has 1 aliphatic rings. The highest BCUT2D eigenvalue weighted by atomic mass is 19.1. The predicted octanol–water partition coefficient (Wildman–Crippen LogP) is 4.16. The number of carbonyl (C=O) groups excluding carboxylic acids is 1. The number of hydrogen-bond donors (Lipinski definition) is 1. The molecule has 4 nitrogen and oxygen atoms in total. The molecule has 1 amide bonds. The molecule has 0 saturated carbocycles. The number of aromatic nitrogens is 2. The van der Waals surface area contributed by atoms with Crippen molar-refractivity contribution in [1.29, 1.82) is 0 Å². The van der Waals surface area contributed by atoms with E-state index in [1.54, 1.807) is 6.07 Å². The third kappa shape index (κ3) is 4.27. The van der Waals surface area contributed by atoms with E-state index < -0.39 is 0 Å². The van der Waals surface area contributed by atoms with Crippen molar-refractivity contribution in [2.24, 2.45) is 5.92 Å². The Bertz CT molecular complexity index is 725. The molecule has 0 aliphatic carbocycles.